The first-order valence-electron chi connectivity index (χ1n) is 37.5. The van der Waals surface area contributed by atoms with Gasteiger partial charge in [-0.15, -0.1) is 0 Å². The van der Waals surface area contributed by atoms with Crippen LogP contribution in [0, 0.1) is 0 Å². The van der Waals surface area contributed by atoms with E-state index in [9.17, 15) is 0 Å². The molecule has 12 heteroatoms. The summed E-state index contributed by atoms with van der Waals surface area (Å²) in [6.07, 6.45) is 3.50. The van der Waals surface area contributed by atoms with Crippen molar-refractivity contribution in [2.45, 2.75) is 0 Å². The van der Waals surface area contributed by atoms with Crippen LogP contribution in [0.5, 0.6) is 0 Å². The summed E-state index contributed by atoms with van der Waals surface area (Å²) >= 11 is 0. The molecule has 0 aliphatic rings. The maximum Gasteiger partial charge on any atom is 0.238 e. The van der Waals surface area contributed by atoms with E-state index in [-0.39, 0.29) is 0 Å². The number of nitrogens with zero attached hydrogens (tertiary/aromatic N) is 12. The third-order valence-electron chi connectivity index (χ3n) is 21.9. The Morgan fingerprint density at radius 1 is 0.179 bits per heavy atom. The van der Waals surface area contributed by atoms with Gasteiger partial charge in [-0.2, -0.15) is 19.9 Å². The molecular weight excluding hydrogens is 1370 g/mol. The van der Waals surface area contributed by atoms with Crippen LogP contribution in [-0.4, -0.2) is 58.1 Å². The van der Waals surface area contributed by atoms with Gasteiger partial charge in [0.1, 0.15) is 11.4 Å². The summed E-state index contributed by atoms with van der Waals surface area (Å²) in [6.45, 7) is 0. The van der Waals surface area contributed by atoms with Gasteiger partial charge >= 0.3 is 0 Å². The van der Waals surface area contributed by atoms with E-state index in [1.807, 2.05) is 97.1 Å². The zero-order valence-corrected chi connectivity index (χ0v) is 60.2. The Labute approximate surface area is 641 Å². The Kier molecular flexibility index (Phi) is 15.0. The molecule has 0 unspecified atom stereocenters. The molecule has 0 spiro atoms. The fraction of sp³-hybridized carbons (Fsp3) is 0. The molecule has 23 rings (SSSR count). The van der Waals surface area contributed by atoms with Crippen LogP contribution in [0.1, 0.15) is 0 Å². The minimum absolute atomic E-state index is 0.488. The lowest BCUT2D eigenvalue weighted by atomic mass is 9.93. The Morgan fingerprint density at radius 3 is 0.902 bits per heavy atom. The van der Waals surface area contributed by atoms with Crippen LogP contribution in [0.25, 0.3) is 211 Å². The van der Waals surface area contributed by atoms with Crippen LogP contribution in [-0.2, 0) is 0 Å². The van der Waals surface area contributed by atoms with Gasteiger partial charge in [0.2, 0.25) is 11.9 Å². The van der Waals surface area contributed by atoms with Crippen LogP contribution in [0.4, 0.5) is 0 Å². The van der Waals surface area contributed by atoms with Crippen molar-refractivity contribution in [3.8, 4) is 91.3 Å². The lowest BCUT2D eigenvalue weighted by Gasteiger charge is -2.16. The largest absolute Gasteiger partial charge is 0.309 e. The van der Waals surface area contributed by atoms with Gasteiger partial charge in [-0.3, -0.25) is 19.1 Å². The minimum atomic E-state index is 0.488. The highest BCUT2D eigenvalue weighted by Gasteiger charge is 2.24. The molecule has 23 aromatic rings. The summed E-state index contributed by atoms with van der Waals surface area (Å²) in [5.74, 6) is 3.34. The number of rotatable bonds is 10. The molecule has 0 fully saturated rings. The van der Waals surface area contributed by atoms with Gasteiger partial charge in [0.05, 0.1) is 49.8 Å². The van der Waals surface area contributed by atoms with Gasteiger partial charge in [-0.05, 0) is 164 Å². The van der Waals surface area contributed by atoms with Gasteiger partial charge in [0.15, 0.2) is 23.3 Å². The molecule has 8 aromatic heterocycles. The molecule has 0 aliphatic heterocycles. The van der Waals surface area contributed by atoms with Gasteiger partial charge < -0.3 is 9.13 Å². The molecule has 12 nitrogen and oxygen atoms in total. The molecule has 0 radical (unpaired) electrons. The molecule has 8 heterocycles. The Balaban J connectivity index is 0.000000141. The lowest BCUT2D eigenvalue weighted by molar-refractivity contribution is 0.943. The standard InChI is InChI=1S/C57H35N5.C43H27N7/c1-3-16-36(17-4-1)55-58-56(37-18-5-2-6-19-37)60-57(59-55)62-50-28-14-12-24-44(50)48-35-39(31-33-52(48)62)38-30-32-51-47(34-38)43-23-11-13-27-49(43)61(51)53-29-15-26-46-42-21-8-7-20-40(42)41-22-9-10-25-45(41)54(46)53;1-2-12-30(13-3-1)49-37-18-6-4-14-31(37)33-26-28(20-22-39(33)49)29-21-23-40-34(27-29)32-15-5-7-19-38(32)50(40)43-47-41(35-16-8-10-24-44-35)46-42(48-43)36-17-9-11-25-45-36/h1-35H;1-27H. The summed E-state index contributed by atoms with van der Waals surface area (Å²) < 4.78 is 9.12. The van der Waals surface area contributed by atoms with Crippen molar-refractivity contribution in [1.29, 1.82) is 0 Å². The van der Waals surface area contributed by atoms with Crippen molar-refractivity contribution in [2.75, 3.05) is 0 Å². The summed E-state index contributed by atoms with van der Waals surface area (Å²) in [4.78, 5) is 39.1. The highest BCUT2D eigenvalue weighted by Crippen LogP contribution is 2.45. The minimum Gasteiger partial charge on any atom is -0.309 e. The Morgan fingerprint density at radius 2 is 0.482 bits per heavy atom. The molecule has 0 saturated carbocycles. The van der Waals surface area contributed by atoms with Crippen LogP contribution in [0.15, 0.2) is 376 Å². The predicted octanol–water partition coefficient (Wildman–Crippen LogP) is 24.4. The monoisotopic (exact) mass is 1430 g/mol. The quantitative estimate of drug-likeness (QED) is 0.124. The van der Waals surface area contributed by atoms with Gasteiger partial charge in [0.25, 0.3) is 0 Å². The third kappa shape index (κ3) is 10.5. The van der Waals surface area contributed by atoms with Crippen molar-refractivity contribution in [1.82, 2.24) is 58.1 Å². The summed E-state index contributed by atoms with van der Waals surface area (Å²) in [5, 5.41) is 17.0. The first kappa shape index (κ1) is 63.8. The highest BCUT2D eigenvalue weighted by atomic mass is 15.2. The molecular formula is C100H62N12. The molecule has 112 heavy (non-hydrogen) atoms. The second-order valence-corrected chi connectivity index (χ2v) is 28.2. The van der Waals surface area contributed by atoms with Crippen LogP contribution < -0.4 is 0 Å². The van der Waals surface area contributed by atoms with E-state index in [4.69, 9.17) is 29.9 Å². The van der Waals surface area contributed by atoms with Crippen molar-refractivity contribution >= 4 is 120 Å². The number of hydrogen-bond donors (Lipinski definition) is 0. The van der Waals surface area contributed by atoms with Crippen LogP contribution >= 0.6 is 0 Å². The smallest absolute Gasteiger partial charge is 0.238 e. The molecule has 0 atom stereocenters. The van der Waals surface area contributed by atoms with E-state index in [2.05, 4.69) is 295 Å². The molecule has 522 valence electrons. The number of fused-ring (bicyclic) bond motifs is 18. The molecule has 0 bridgehead atoms. The molecule has 0 aliphatic carbocycles. The highest BCUT2D eigenvalue weighted by molar-refractivity contribution is 6.28. The topological polar surface area (TPSA) is 123 Å². The molecule has 0 saturated heterocycles. The number of benzene rings is 15. The van der Waals surface area contributed by atoms with E-state index in [1.54, 1.807) is 12.4 Å². The van der Waals surface area contributed by atoms with Crippen molar-refractivity contribution in [2.24, 2.45) is 0 Å². The number of aromatic nitrogens is 12. The fourth-order valence-corrected chi connectivity index (χ4v) is 16.9. The van der Waals surface area contributed by atoms with E-state index in [0.717, 1.165) is 82.7 Å². The van der Waals surface area contributed by atoms with Gasteiger partial charge in [0, 0.05) is 77.7 Å². The normalized spacial score (nSPS) is 11.8. The average molecular weight is 1430 g/mol. The predicted molar refractivity (Wildman–Crippen MR) is 458 cm³/mol. The summed E-state index contributed by atoms with van der Waals surface area (Å²) in [7, 11) is 0. The fourth-order valence-electron chi connectivity index (χ4n) is 16.9. The summed E-state index contributed by atoms with van der Waals surface area (Å²) in [6, 6.07) is 128. The first-order chi connectivity index (χ1) is 55.6. The maximum atomic E-state index is 5.13. The Bertz CT molecular complexity index is 7520. The number of para-hydroxylation sites is 5. The van der Waals surface area contributed by atoms with E-state index < -0.39 is 0 Å². The lowest BCUT2D eigenvalue weighted by Crippen LogP contribution is -2.07. The van der Waals surface area contributed by atoms with Gasteiger partial charge in [-0.1, -0.05) is 249 Å². The molecule has 0 N–H and O–H groups in total. The van der Waals surface area contributed by atoms with Gasteiger partial charge in [-0.25, -0.2) is 9.97 Å². The number of hydrogen-bond acceptors (Lipinski definition) is 8. The average Bonchev–Trinajstić information content (AvgIpc) is 1.29. The van der Waals surface area contributed by atoms with E-state index >= 15 is 0 Å². The Hall–Kier alpha value is -15.4. The van der Waals surface area contributed by atoms with Crippen molar-refractivity contribution < 1.29 is 0 Å². The van der Waals surface area contributed by atoms with Crippen molar-refractivity contribution in [3.63, 3.8) is 0 Å². The SMILES string of the molecule is c1ccc(-c2nc(-c3ccccc3)nc(-n3c4ccccc4c4cc(-c5ccc6c(c5)c5ccccc5n6-c5cccc6c7ccccc7c7ccccc7c56)ccc43)n2)cc1.c1ccc(-n2c3ccccc3c3cc(-c4ccc5c(c4)c4ccccc4n5-c4nc(-c5ccccn5)nc(-c5ccccn5)n4)ccc32)cc1. The van der Waals surface area contributed by atoms with E-state index in [0.29, 0.717) is 46.6 Å². The molecule has 15 aromatic carbocycles. The van der Waals surface area contributed by atoms with Crippen LogP contribution in [0.3, 0.4) is 0 Å². The second-order valence-electron chi connectivity index (χ2n) is 28.2. The maximum absolute atomic E-state index is 5.13. The van der Waals surface area contributed by atoms with E-state index in [1.165, 1.54) is 81.6 Å². The third-order valence-corrected chi connectivity index (χ3v) is 21.9. The second kappa shape index (κ2) is 26.2. The van der Waals surface area contributed by atoms with Crippen LogP contribution in [0.2, 0.25) is 0 Å². The zero-order valence-electron chi connectivity index (χ0n) is 60.2. The van der Waals surface area contributed by atoms with Crippen molar-refractivity contribution in [3.05, 3.63) is 376 Å². The zero-order chi connectivity index (χ0) is 73.7. The summed E-state index contributed by atoms with van der Waals surface area (Å²) in [5.41, 5.74) is 19.0. The molecule has 0 amide bonds. The number of pyridine rings is 2. The first-order valence-corrected chi connectivity index (χ1v) is 37.5.